The number of rotatable bonds is 4. The summed E-state index contributed by atoms with van der Waals surface area (Å²) >= 11 is 0. The first-order valence-corrected chi connectivity index (χ1v) is 10.3. The average molecular weight is 408 g/mol. The maximum absolute atomic E-state index is 12.6. The lowest BCUT2D eigenvalue weighted by Crippen LogP contribution is -2.59. The van der Waals surface area contributed by atoms with Crippen molar-refractivity contribution in [3.8, 4) is 22.5 Å². The van der Waals surface area contributed by atoms with Crippen molar-refractivity contribution in [2.75, 3.05) is 25.5 Å². The SMILES string of the molecule is CC1C(N(C)c2ccc(-c3ccc(-c4cn[nH]c4)[nH]c3=O)nn2)CCN(C)C1(C)C. The van der Waals surface area contributed by atoms with E-state index < -0.39 is 0 Å². The third-order valence-electron chi connectivity index (χ3n) is 6.94. The van der Waals surface area contributed by atoms with Crippen LogP contribution >= 0.6 is 0 Å². The number of aromatic amines is 2. The van der Waals surface area contributed by atoms with Crippen molar-refractivity contribution in [3.63, 3.8) is 0 Å². The van der Waals surface area contributed by atoms with Gasteiger partial charge < -0.3 is 14.8 Å². The van der Waals surface area contributed by atoms with Crippen molar-refractivity contribution in [2.45, 2.75) is 38.8 Å². The molecular formula is C22H29N7O. The van der Waals surface area contributed by atoms with E-state index in [4.69, 9.17) is 0 Å². The predicted octanol–water partition coefficient (Wildman–Crippen LogP) is 2.78. The van der Waals surface area contributed by atoms with Crippen LogP contribution in [-0.4, -0.2) is 62.5 Å². The van der Waals surface area contributed by atoms with Gasteiger partial charge in [-0.2, -0.15) is 5.10 Å². The zero-order chi connectivity index (χ0) is 21.5. The van der Waals surface area contributed by atoms with Crippen LogP contribution in [-0.2, 0) is 0 Å². The van der Waals surface area contributed by atoms with Crippen molar-refractivity contribution in [1.82, 2.24) is 30.3 Å². The first kappa shape index (κ1) is 20.3. The van der Waals surface area contributed by atoms with Gasteiger partial charge in [-0.15, -0.1) is 10.2 Å². The molecule has 0 amide bonds. The van der Waals surface area contributed by atoms with Gasteiger partial charge in [0, 0.05) is 36.9 Å². The Hall–Kier alpha value is -3.00. The Bertz CT molecular complexity index is 1060. The number of piperidine rings is 1. The molecule has 1 aliphatic heterocycles. The van der Waals surface area contributed by atoms with Crippen molar-refractivity contribution in [1.29, 1.82) is 0 Å². The molecule has 0 aliphatic carbocycles. The summed E-state index contributed by atoms with van der Waals surface area (Å²) in [5.41, 5.74) is 2.52. The first-order valence-electron chi connectivity index (χ1n) is 10.3. The van der Waals surface area contributed by atoms with E-state index in [1.807, 2.05) is 18.2 Å². The molecule has 3 aromatic rings. The van der Waals surface area contributed by atoms with Crippen molar-refractivity contribution in [2.24, 2.45) is 5.92 Å². The van der Waals surface area contributed by atoms with Crippen LogP contribution in [0.15, 0.2) is 41.5 Å². The predicted molar refractivity (Wildman–Crippen MR) is 118 cm³/mol. The maximum atomic E-state index is 12.6. The fourth-order valence-electron chi connectivity index (χ4n) is 4.28. The van der Waals surface area contributed by atoms with Gasteiger partial charge >= 0.3 is 0 Å². The Balaban J connectivity index is 1.55. The fraction of sp³-hybridized carbons (Fsp3) is 0.455. The van der Waals surface area contributed by atoms with Gasteiger partial charge in [0.1, 0.15) is 0 Å². The third kappa shape index (κ3) is 3.52. The summed E-state index contributed by atoms with van der Waals surface area (Å²) in [6.07, 6.45) is 4.48. The van der Waals surface area contributed by atoms with Gasteiger partial charge in [0.15, 0.2) is 5.82 Å². The summed E-state index contributed by atoms with van der Waals surface area (Å²) < 4.78 is 0. The number of anilines is 1. The van der Waals surface area contributed by atoms with Crippen LogP contribution in [0.2, 0.25) is 0 Å². The highest BCUT2D eigenvalue weighted by Crippen LogP contribution is 2.35. The van der Waals surface area contributed by atoms with Crippen LogP contribution in [0.5, 0.6) is 0 Å². The normalized spacial score (nSPS) is 21.5. The van der Waals surface area contributed by atoms with Crippen molar-refractivity contribution in [3.05, 3.63) is 47.0 Å². The van der Waals surface area contributed by atoms with Gasteiger partial charge in [-0.05, 0) is 57.5 Å². The zero-order valence-electron chi connectivity index (χ0n) is 18.2. The lowest BCUT2D eigenvalue weighted by molar-refractivity contribution is 0.0391. The largest absolute Gasteiger partial charge is 0.355 e. The van der Waals surface area contributed by atoms with E-state index in [1.54, 1.807) is 18.5 Å². The summed E-state index contributed by atoms with van der Waals surface area (Å²) in [7, 11) is 4.27. The molecule has 1 saturated heterocycles. The molecule has 8 nitrogen and oxygen atoms in total. The molecule has 0 bridgehead atoms. The number of hydrogen-bond donors (Lipinski definition) is 2. The van der Waals surface area contributed by atoms with Gasteiger partial charge in [-0.1, -0.05) is 6.92 Å². The highest BCUT2D eigenvalue weighted by atomic mass is 16.1. The molecule has 4 rings (SSSR count). The molecule has 30 heavy (non-hydrogen) atoms. The summed E-state index contributed by atoms with van der Waals surface area (Å²) in [6.45, 7) is 7.95. The monoisotopic (exact) mass is 407 g/mol. The van der Waals surface area contributed by atoms with Crippen LogP contribution in [0, 0.1) is 5.92 Å². The van der Waals surface area contributed by atoms with E-state index in [2.05, 4.69) is 70.0 Å². The highest BCUT2D eigenvalue weighted by molar-refractivity contribution is 5.63. The van der Waals surface area contributed by atoms with Gasteiger partial charge in [0.2, 0.25) is 0 Å². The lowest BCUT2D eigenvalue weighted by Gasteiger charge is -2.51. The lowest BCUT2D eigenvalue weighted by atomic mass is 9.77. The van der Waals surface area contributed by atoms with Crippen LogP contribution in [0.1, 0.15) is 27.2 Å². The molecule has 4 heterocycles. The molecule has 158 valence electrons. The molecule has 3 aromatic heterocycles. The Morgan fingerprint density at radius 1 is 1.20 bits per heavy atom. The van der Waals surface area contributed by atoms with Gasteiger partial charge in [-0.25, -0.2) is 0 Å². The van der Waals surface area contributed by atoms with E-state index in [-0.39, 0.29) is 11.1 Å². The number of nitrogens with zero attached hydrogens (tertiary/aromatic N) is 5. The molecule has 1 fully saturated rings. The Labute approximate surface area is 176 Å². The van der Waals surface area contributed by atoms with Gasteiger partial charge in [0.05, 0.1) is 23.1 Å². The Kier molecular flexibility index (Phi) is 5.19. The number of likely N-dealkylation sites (tertiary alicyclic amines) is 1. The topological polar surface area (TPSA) is 93.8 Å². The minimum Gasteiger partial charge on any atom is -0.355 e. The Morgan fingerprint density at radius 2 is 2.00 bits per heavy atom. The van der Waals surface area contributed by atoms with Crippen LogP contribution in [0.3, 0.4) is 0 Å². The second kappa shape index (κ2) is 7.68. The molecule has 0 aromatic carbocycles. The summed E-state index contributed by atoms with van der Waals surface area (Å²) in [5, 5.41) is 15.5. The van der Waals surface area contributed by atoms with Crippen LogP contribution < -0.4 is 10.5 Å². The molecular weight excluding hydrogens is 378 g/mol. The zero-order valence-corrected chi connectivity index (χ0v) is 18.2. The standard InChI is InChI=1S/C22H29N7O/c1-14-19(10-11-28(4)22(14,2)3)29(5)20-9-8-18(26-27-20)16-6-7-17(25-21(16)30)15-12-23-24-13-15/h6-9,12-14,19H,10-11H2,1-5H3,(H,23,24)(H,25,30). The molecule has 0 spiro atoms. The van der Waals surface area contributed by atoms with E-state index in [0.29, 0.717) is 28.9 Å². The van der Waals surface area contributed by atoms with Gasteiger partial charge in [-0.3, -0.25) is 9.89 Å². The Morgan fingerprint density at radius 3 is 2.63 bits per heavy atom. The molecule has 0 saturated carbocycles. The third-order valence-corrected chi connectivity index (χ3v) is 6.94. The number of nitrogens with one attached hydrogen (secondary N) is 2. The molecule has 0 radical (unpaired) electrons. The second-order valence-corrected chi connectivity index (χ2v) is 8.71. The van der Waals surface area contributed by atoms with Crippen molar-refractivity contribution < 1.29 is 0 Å². The molecule has 2 N–H and O–H groups in total. The minimum absolute atomic E-state index is 0.120. The van der Waals surface area contributed by atoms with Crippen LogP contribution in [0.4, 0.5) is 5.82 Å². The average Bonchev–Trinajstić information content (AvgIpc) is 3.27. The summed E-state index contributed by atoms with van der Waals surface area (Å²) in [6, 6.07) is 7.83. The number of hydrogen-bond acceptors (Lipinski definition) is 6. The highest BCUT2D eigenvalue weighted by Gasteiger charge is 2.41. The van der Waals surface area contributed by atoms with E-state index >= 15 is 0 Å². The fourth-order valence-corrected chi connectivity index (χ4v) is 4.28. The second-order valence-electron chi connectivity index (χ2n) is 8.71. The van der Waals surface area contributed by atoms with Crippen molar-refractivity contribution >= 4 is 5.82 Å². The number of pyridine rings is 1. The van der Waals surface area contributed by atoms with Gasteiger partial charge in [0.25, 0.3) is 5.56 Å². The first-order chi connectivity index (χ1) is 14.3. The minimum atomic E-state index is -0.199. The number of H-pyrrole nitrogens is 2. The summed E-state index contributed by atoms with van der Waals surface area (Å²) in [5.74, 6) is 1.29. The molecule has 2 unspecified atom stereocenters. The smallest absolute Gasteiger partial charge is 0.257 e. The number of aromatic nitrogens is 5. The maximum Gasteiger partial charge on any atom is 0.257 e. The molecule has 1 aliphatic rings. The molecule has 2 atom stereocenters. The van der Waals surface area contributed by atoms with Crippen LogP contribution in [0.25, 0.3) is 22.5 Å². The quantitative estimate of drug-likeness (QED) is 0.691. The van der Waals surface area contributed by atoms with E-state index in [0.717, 1.165) is 24.3 Å². The van der Waals surface area contributed by atoms with E-state index in [1.165, 1.54) is 0 Å². The molecule has 8 heteroatoms. The summed E-state index contributed by atoms with van der Waals surface area (Å²) in [4.78, 5) is 20.1. The van der Waals surface area contributed by atoms with E-state index in [9.17, 15) is 4.79 Å².